The highest BCUT2D eigenvalue weighted by Gasteiger charge is 2.31. The van der Waals surface area contributed by atoms with Crippen molar-refractivity contribution < 1.29 is 28.2 Å². The van der Waals surface area contributed by atoms with Crippen LogP contribution >= 0.6 is 7.82 Å². The van der Waals surface area contributed by atoms with Crippen molar-refractivity contribution in [2.75, 3.05) is 52.6 Å². The number of ether oxygens (including phenoxy) is 2. The molecule has 0 saturated carbocycles. The number of hydrogen-bond donors (Lipinski definition) is 1. The molecule has 0 aromatic rings. The molecule has 2 saturated heterocycles. The number of hydroxylamine groups is 4. The zero-order valence-corrected chi connectivity index (χ0v) is 10.4. The quantitative estimate of drug-likeness (QED) is 0.691. The second-order valence-corrected chi connectivity index (χ2v) is 4.98. The first-order valence-electron chi connectivity index (χ1n) is 5.53. The summed E-state index contributed by atoms with van der Waals surface area (Å²) in [6, 6.07) is 0. The number of hydrogen-bond acceptors (Lipinski definition) is 7. The molecule has 0 spiro atoms. The molecule has 8 nitrogen and oxygen atoms in total. The van der Waals surface area contributed by atoms with E-state index >= 15 is 0 Å². The van der Waals surface area contributed by atoms with E-state index in [0.717, 1.165) is 0 Å². The van der Waals surface area contributed by atoms with E-state index in [-0.39, 0.29) is 0 Å². The van der Waals surface area contributed by atoms with E-state index in [9.17, 15) is 9.46 Å². The summed E-state index contributed by atoms with van der Waals surface area (Å²) >= 11 is 0. The molecule has 0 atom stereocenters. The third-order valence-corrected chi connectivity index (χ3v) is 3.25. The molecule has 0 radical (unpaired) electrons. The van der Waals surface area contributed by atoms with Crippen molar-refractivity contribution in [3.05, 3.63) is 0 Å². The largest absolute Gasteiger partial charge is 0.505 e. The Hall–Kier alpha value is -0.0500. The van der Waals surface area contributed by atoms with Crippen molar-refractivity contribution in [3.8, 4) is 0 Å². The lowest BCUT2D eigenvalue weighted by Crippen LogP contribution is -2.38. The first kappa shape index (κ1) is 13.4. The van der Waals surface area contributed by atoms with E-state index < -0.39 is 7.82 Å². The average Bonchev–Trinajstić information content (AvgIpc) is 2.30. The van der Waals surface area contributed by atoms with Gasteiger partial charge in [0.1, 0.15) is 0 Å². The van der Waals surface area contributed by atoms with E-state index in [1.165, 1.54) is 10.1 Å². The first-order valence-corrected chi connectivity index (χ1v) is 7.03. The maximum Gasteiger partial charge on any atom is 0.505 e. The number of morpholine rings is 2. The molecule has 2 heterocycles. The fourth-order valence-electron chi connectivity index (χ4n) is 1.56. The summed E-state index contributed by atoms with van der Waals surface area (Å²) in [7, 11) is -4.09. The number of nitrogens with zero attached hydrogens (tertiary/aromatic N) is 2. The molecule has 0 aromatic carbocycles. The van der Waals surface area contributed by atoms with Crippen LogP contribution in [0.4, 0.5) is 0 Å². The van der Waals surface area contributed by atoms with Gasteiger partial charge in [-0.15, -0.1) is 0 Å². The van der Waals surface area contributed by atoms with Crippen LogP contribution in [0.1, 0.15) is 0 Å². The van der Waals surface area contributed by atoms with Gasteiger partial charge in [-0.3, -0.25) is 0 Å². The zero-order valence-electron chi connectivity index (χ0n) is 9.49. The highest BCUT2D eigenvalue weighted by Crippen LogP contribution is 2.45. The van der Waals surface area contributed by atoms with E-state index in [1.54, 1.807) is 0 Å². The zero-order chi connectivity index (χ0) is 12.1. The Morgan fingerprint density at radius 2 is 1.24 bits per heavy atom. The standard InChI is InChI=1S/C8H17N2O6P/c11-17(12,15-9-1-5-13-6-2-9)16-10-3-7-14-8-4-10/h1-8H2,(H,11,12). The lowest BCUT2D eigenvalue weighted by Gasteiger charge is -2.30. The van der Waals surface area contributed by atoms with Crippen LogP contribution in [0.2, 0.25) is 0 Å². The Labute approximate surface area is 99.5 Å². The lowest BCUT2D eigenvalue weighted by molar-refractivity contribution is -0.178. The van der Waals surface area contributed by atoms with Gasteiger partial charge >= 0.3 is 7.82 Å². The maximum atomic E-state index is 11.7. The normalized spacial score (nSPS) is 25.0. The van der Waals surface area contributed by atoms with Crippen molar-refractivity contribution in [3.63, 3.8) is 0 Å². The van der Waals surface area contributed by atoms with Crippen LogP contribution < -0.4 is 0 Å². The Kier molecular flexibility index (Phi) is 4.89. The fraction of sp³-hybridized carbons (Fsp3) is 1.00. The Balaban J connectivity index is 1.78. The SMILES string of the molecule is O=P(O)(ON1CCOCC1)ON1CCOCC1. The van der Waals surface area contributed by atoms with Crippen LogP contribution in [0.25, 0.3) is 0 Å². The van der Waals surface area contributed by atoms with Crippen molar-refractivity contribution in [2.45, 2.75) is 0 Å². The van der Waals surface area contributed by atoms with Gasteiger partial charge in [0.05, 0.1) is 26.4 Å². The monoisotopic (exact) mass is 268 g/mol. The molecule has 2 rings (SSSR count). The smallest absolute Gasteiger partial charge is 0.379 e. The minimum Gasteiger partial charge on any atom is -0.379 e. The van der Waals surface area contributed by atoms with Crippen LogP contribution in [0.15, 0.2) is 0 Å². The second kappa shape index (κ2) is 6.21. The summed E-state index contributed by atoms with van der Waals surface area (Å²) in [6.45, 7) is 3.76. The van der Waals surface area contributed by atoms with Gasteiger partial charge in [0.25, 0.3) is 0 Å². The summed E-state index contributed by atoms with van der Waals surface area (Å²) in [4.78, 5) is 9.57. The van der Waals surface area contributed by atoms with Crippen LogP contribution in [0.3, 0.4) is 0 Å². The molecule has 0 aliphatic carbocycles. The van der Waals surface area contributed by atoms with Gasteiger partial charge in [-0.2, -0.15) is 19.4 Å². The molecule has 2 fully saturated rings. The number of rotatable bonds is 4. The second-order valence-electron chi connectivity index (χ2n) is 3.71. The van der Waals surface area contributed by atoms with E-state index in [1.807, 2.05) is 0 Å². The minimum atomic E-state index is -4.09. The molecule has 1 N–H and O–H groups in total. The van der Waals surface area contributed by atoms with Crippen molar-refractivity contribution in [1.29, 1.82) is 0 Å². The van der Waals surface area contributed by atoms with Gasteiger partial charge in [-0.05, 0) is 0 Å². The molecule has 0 amide bonds. The van der Waals surface area contributed by atoms with Gasteiger partial charge < -0.3 is 14.4 Å². The lowest BCUT2D eigenvalue weighted by atomic mass is 10.5. The van der Waals surface area contributed by atoms with Crippen molar-refractivity contribution in [1.82, 2.24) is 10.1 Å². The van der Waals surface area contributed by atoms with Gasteiger partial charge in [-0.1, -0.05) is 0 Å². The summed E-state index contributed by atoms with van der Waals surface area (Å²) in [5.74, 6) is 0. The predicted octanol–water partition coefficient (Wildman–Crippen LogP) is -0.386. The Morgan fingerprint density at radius 1 is 0.882 bits per heavy atom. The van der Waals surface area contributed by atoms with Gasteiger partial charge in [0, 0.05) is 26.2 Å². The molecular formula is C8H17N2O6P. The molecular weight excluding hydrogens is 251 g/mol. The third kappa shape index (κ3) is 4.61. The molecule has 17 heavy (non-hydrogen) atoms. The van der Waals surface area contributed by atoms with E-state index in [4.69, 9.17) is 18.7 Å². The molecule has 2 aliphatic heterocycles. The Morgan fingerprint density at radius 3 is 1.59 bits per heavy atom. The summed E-state index contributed by atoms with van der Waals surface area (Å²) in [5.41, 5.74) is 0. The molecule has 0 bridgehead atoms. The van der Waals surface area contributed by atoms with Crippen molar-refractivity contribution >= 4 is 7.82 Å². The minimum absolute atomic E-state index is 0.455. The van der Waals surface area contributed by atoms with Gasteiger partial charge in [0.15, 0.2) is 0 Å². The molecule has 0 aromatic heterocycles. The molecule has 100 valence electrons. The van der Waals surface area contributed by atoms with Crippen LogP contribution in [-0.2, 0) is 23.3 Å². The molecule has 0 unspecified atom stereocenters. The van der Waals surface area contributed by atoms with Gasteiger partial charge in [0.2, 0.25) is 0 Å². The topological polar surface area (TPSA) is 80.7 Å². The van der Waals surface area contributed by atoms with E-state index in [0.29, 0.717) is 52.6 Å². The average molecular weight is 268 g/mol. The summed E-state index contributed by atoms with van der Waals surface area (Å²) < 4.78 is 31.8. The molecule has 9 heteroatoms. The maximum absolute atomic E-state index is 11.7. The first-order chi connectivity index (χ1) is 8.16. The van der Waals surface area contributed by atoms with Gasteiger partial charge in [-0.25, -0.2) is 4.57 Å². The van der Waals surface area contributed by atoms with Crippen LogP contribution in [0, 0.1) is 0 Å². The van der Waals surface area contributed by atoms with E-state index in [2.05, 4.69) is 0 Å². The Bertz CT molecular complexity index is 255. The predicted molar refractivity (Wildman–Crippen MR) is 56.8 cm³/mol. The van der Waals surface area contributed by atoms with Crippen LogP contribution in [0.5, 0.6) is 0 Å². The third-order valence-electron chi connectivity index (χ3n) is 2.38. The molecule has 2 aliphatic rings. The van der Waals surface area contributed by atoms with Crippen molar-refractivity contribution in [2.24, 2.45) is 0 Å². The fourth-order valence-corrected chi connectivity index (χ4v) is 2.50. The highest BCUT2D eigenvalue weighted by molar-refractivity contribution is 7.47. The number of phosphoric acid groups is 1. The summed E-state index contributed by atoms with van der Waals surface area (Å²) in [6.07, 6.45) is 0. The summed E-state index contributed by atoms with van der Waals surface area (Å²) in [5, 5.41) is 2.79. The van der Waals surface area contributed by atoms with Crippen LogP contribution in [-0.4, -0.2) is 67.6 Å². The highest BCUT2D eigenvalue weighted by atomic mass is 31.2.